The third kappa shape index (κ3) is 8.11. The van der Waals surface area contributed by atoms with Gasteiger partial charge in [0.1, 0.15) is 5.60 Å². The molecule has 1 aliphatic carbocycles. The van der Waals surface area contributed by atoms with Gasteiger partial charge in [-0.3, -0.25) is 8.77 Å². The zero-order chi connectivity index (χ0) is 29.4. The number of carbonyl (C=O) groups is 2. The fourth-order valence-corrected chi connectivity index (χ4v) is 5.97. The number of carbonyl (C=O) groups excluding carboxylic acids is 2. The Morgan fingerprint density at radius 3 is 2.78 bits per heavy atom. The minimum Gasteiger partial charge on any atom is -0.444 e. The summed E-state index contributed by atoms with van der Waals surface area (Å²) >= 11 is 2.97. The molecule has 1 unspecified atom stereocenters. The second kappa shape index (κ2) is 13.7. The van der Waals surface area contributed by atoms with E-state index in [9.17, 15) is 9.59 Å². The van der Waals surface area contributed by atoms with Crippen LogP contribution in [-0.4, -0.2) is 39.1 Å². The predicted octanol–water partition coefficient (Wildman–Crippen LogP) is 7.81. The lowest BCUT2D eigenvalue weighted by Crippen LogP contribution is -2.45. The van der Waals surface area contributed by atoms with Crippen LogP contribution in [0.25, 0.3) is 21.5 Å². The fourth-order valence-electron chi connectivity index (χ4n) is 4.22. The number of pyridine rings is 1. The molecule has 0 aliphatic heterocycles. The van der Waals surface area contributed by atoms with E-state index < -0.39 is 11.7 Å². The van der Waals surface area contributed by atoms with Gasteiger partial charge in [0.2, 0.25) is 0 Å². The normalized spacial score (nSPS) is 14.6. The number of allylic oxidation sites excluding steroid dienone is 6. The molecule has 0 saturated heterocycles. The summed E-state index contributed by atoms with van der Waals surface area (Å²) in [7, 11) is 0. The third-order valence-corrected chi connectivity index (χ3v) is 8.21. The van der Waals surface area contributed by atoms with E-state index in [1.54, 1.807) is 18.1 Å². The number of thiophene rings is 1. The second-order valence-corrected chi connectivity index (χ2v) is 12.5. The molecule has 2 N–H and O–H groups in total. The molecule has 1 atom stereocenters. The van der Waals surface area contributed by atoms with Crippen LogP contribution in [0.3, 0.4) is 0 Å². The van der Waals surface area contributed by atoms with E-state index in [1.807, 2.05) is 92.5 Å². The van der Waals surface area contributed by atoms with E-state index in [2.05, 4.69) is 34.3 Å². The molecule has 0 aromatic carbocycles. The Labute approximate surface area is 249 Å². The molecule has 0 radical (unpaired) electrons. The first-order chi connectivity index (χ1) is 19.7. The van der Waals surface area contributed by atoms with Crippen molar-refractivity contribution >= 4 is 46.3 Å². The lowest BCUT2D eigenvalue weighted by molar-refractivity contribution is 0.0522. The number of nitrogens with zero attached hydrogens (tertiary/aromatic N) is 2. The summed E-state index contributed by atoms with van der Waals surface area (Å²) < 4.78 is 7.40. The number of rotatable bonds is 10. The summed E-state index contributed by atoms with van der Waals surface area (Å²) in [5.41, 5.74) is 2.21. The minimum absolute atomic E-state index is 0.194. The summed E-state index contributed by atoms with van der Waals surface area (Å²) in [6.07, 6.45) is 19.1. The van der Waals surface area contributed by atoms with E-state index >= 15 is 0 Å². The second-order valence-electron chi connectivity index (χ2n) is 10.4. The molecule has 214 valence electrons. The van der Waals surface area contributed by atoms with E-state index in [1.165, 1.54) is 11.3 Å². The van der Waals surface area contributed by atoms with Crippen LogP contribution in [0.5, 0.6) is 0 Å². The minimum atomic E-state index is -0.602. The van der Waals surface area contributed by atoms with Crippen LogP contribution in [0.1, 0.15) is 50.2 Å². The average molecular weight is 589 g/mol. The van der Waals surface area contributed by atoms with Crippen LogP contribution >= 0.6 is 23.3 Å². The summed E-state index contributed by atoms with van der Waals surface area (Å²) in [5.74, 6) is -0.194. The summed E-state index contributed by atoms with van der Waals surface area (Å²) in [5, 5.41) is 6.92. The van der Waals surface area contributed by atoms with Gasteiger partial charge in [-0.15, -0.1) is 11.3 Å². The monoisotopic (exact) mass is 588 g/mol. The zero-order valence-corrected chi connectivity index (χ0v) is 25.5. The topological polar surface area (TPSA) is 85.2 Å². The zero-order valence-electron chi connectivity index (χ0n) is 23.8. The van der Waals surface area contributed by atoms with Gasteiger partial charge in [0.15, 0.2) is 5.65 Å². The van der Waals surface area contributed by atoms with Crippen LogP contribution in [0.2, 0.25) is 0 Å². The Morgan fingerprint density at radius 1 is 1.24 bits per heavy atom. The maximum absolute atomic E-state index is 13.4. The van der Waals surface area contributed by atoms with Gasteiger partial charge in [-0.1, -0.05) is 43.0 Å². The molecule has 1 aliphatic rings. The molecular weight excluding hydrogens is 553 g/mol. The van der Waals surface area contributed by atoms with Crippen LogP contribution in [0.15, 0.2) is 96.2 Å². The molecule has 41 heavy (non-hydrogen) atoms. The van der Waals surface area contributed by atoms with Crippen molar-refractivity contribution in [2.24, 2.45) is 0 Å². The quantitative estimate of drug-likeness (QED) is 0.236. The van der Waals surface area contributed by atoms with Gasteiger partial charge >= 0.3 is 6.09 Å². The highest BCUT2D eigenvalue weighted by atomic mass is 32.2. The number of ether oxygens (including phenoxy) is 1. The van der Waals surface area contributed by atoms with Crippen molar-refractivity contribution < 1.29 is 14.3 Å². The number of hydrogen-bond acceptors (Lipinski definition) is 6. The van der Waals surface area contributed by atoms with Crippen molar-refractivity contribution in [3.05, 3.63) is 101 Å². The van der Waals surface area contributed by atoms with E-state index in [0.717, 1.165) is 44.8 Å². The lowest BCUT2D eigenvalue weighted by atomic mass is 10.00. The molecular formula is C32H36N4O3S2. The van der Waals surface area contributed by atoms with Gasteiger partial charge in [-0.2, -0.15) is 0 Å². The van der Waals surface area contributed by atoms with Gasteiger partial charge in [0.25, 0.3) is 5.91 Å². The number of nitrogens with one attached hydrogen (secondary N) is 2. The van der Waals surface area contributed by atoms with Crippen LogP contribution in [0, 0.1) is 0 Å². The summed E-state index contributed by atoms with van der Waals surface area (Å²) in [4.78, 5) is 32.9. The first kappa shape index (κ1) is 30.1. The molecule has 0 saturated carbocycles. The van der Waals surface area contributed by atoms with Crippen molar-refractivity contribution in [2.75, 3.05) is 6.54 Å². The van der Waals surface area contributed by atoms with Crippen molar-refractivity contribution in [1.82, 2.24) is 19.6 Å². The largest absolute Gasteiger partial charge is 0.444 e. The Balaban J connectivity index is 1.52. The number of alkyl carbamates (subject to hydrolysis) is 1. The molecule has 3 heterocycles. The number of hydrogen-bond donors (Lipinski definition) is 2. The maximum Gasteiger partial charge on any atom is 0.407 e. The van der Waals surface area contributed by atoms with Gasteiger partial charge in [0.05, 0.1) is 10.9 Å². The standard InChI is InChI=1S/C32H36N4O3S2/c1-6-8-14-23(7-2)41-36-20-18-25-24(17-19-33-29(25)36)27-15-16-28(40-27)30(37)35-26(22-12-10-9-11-13-22)21-34-31(38)39-32(3,4)5/h6-8,10,12-20,26H,2,9,11,21H2,1,3-5H3,(H,34,38)(H,35,37)/b8-6-,23-14+. The highest BCUT2D eigenvalue weighted by Gasteiger charge is 2.22. The average Bonchev–Trinajstić information content (AvgIpc) is 3.60. The SMILES string of the molecule is C=C/C(=C\C=C/C)Sn1ccc2c(-c3ccc(C(=O)NC(CNC(=O)OC(C)(C)C)C4=CCCC=C4)s3)ccnc21. The van der Waals surface area contributed by atoms with E-state index in [0.29, 0.717) is 4.88 Å². The maximum atomic E-state index is 13.4. The van der Waals surface area contributed by atoms with Crippen molar-refractivity contribution in [2.45, 2.75) is 52.2 Å². The molecule has 3 aromatic rings. The van der Waals surface area contributed by atoms with Crippen molar-refractivity contribution in [1.29, 1.82) is 0 Å². The highest BCUT2D eigenvalue weighted by Crippen LogP contribution is 2.35. The highest BCUT2D eigenvalue weighted by molar-refractivity contribution is 8.02. The Morgan fingerprint density at radius 2 is 2.07 bits per heavy atom. The molecule has 9 heteroatoms. The summed E-state index contributed by atoms with van der Waals surface area (Å²) in [6, 6.07) is 7.44. The Hall–Kier alpha value is -3.82. The van der Waals surface area contributed by atoms with E-state index in [4.69, 9.17) is 4.74 Å². The summed E-state index contributed by atoms with van der Waals surface area (Å²) in [6.45, 7) is 11.6. The van der Waals surface area contributed by atoms with Crippen LogP contribution in [-0.2, 0) is 4.74 Å². The first-order valence-electron chi connectivity index (χ1n) is 13.5. The number of fused-ring (bicyclic) bond motifs is 1. The van der Waals surface area contributed by atoms with Gasteiger partial charge in [-0.05, 0) is 88.4 Å². The third-order valence-electron chi connectivity index (χ3n) is 6.09. The molecule has 3 aromatic heterocycles. The van der Waals surface area contributed by atoms with Gasteiger partial charge in [-0.25, -0.2) is 9.78 Å². The van der Waals surface area contributed by atoms with Crippen molar-refractivity contribution in [3.8, 4) is 10.4 Å². The smallest absolute Gasteiger partial charge is 0.407 e. The lowest BCUT2D eigenvalue weighted by Gasteiger charge is -2.24. The molecule has 4 rings (SSSR count). The molecule has 7 nitrogen and oxygen atoms in total. The van der Waals surface area contributed by atoms with Gasteiger partial charge < -0.3 is 15.4 Å². The molecule has 0 bridgehead atoms. The predicted molar refractivity (Wildman–Crippen MR) is 171 cm³/mol. The first-order valence-corrected chi connectivity index (χ1v) is 15.1. The molecule has 0 fully saturated rings. The fraction of sp³-hybridized carbons (Fsp3) is 0.281. The Kier molecular flexibility index (Phi) is 10.1. The van der Waals surface area contributed by atoms with Crippen LogP contribution < -0.4 is 10.6 Å². The molecule has 2 amide bonds. The van der Waals surface area contributed by atoms with Crippen molar-refractivity contribution in [3.63, 3.8) is 0 Å². The number of aromatic nitrogens is 2. The molecule has 0 spiro atoms. The Bertz CT molecular complexity index is 1540. The number of amides is 2. The van der Waals surface area contributed by atoms with Crippen LogP contribution in [0.4, 0.5) is 4.79 Å². The van der Waals surface area contributed by atoms with E-state index in [-0.39, 0.29) is 18.5 Å². The van der Waals surface area contributed by atoms with Gasteiger partial charge in [0, 0.05) is 39.7 Å².